The number of esters is 3. The molecule has 0 aromatic heterocycles. The van der Waals surface area contributed by atoms with Crippen molar-refractivity contribution in [2.45, 2.75) is 34.6 Å². The minimum atomic E-state index is -1.43. The van der Waals surface area contributed by atoms with Crippen LogP contribution in [0.2, 0.25) is 0 Å². The van der Waals surface area contributed by atoms with Crippen LogP contribution in [0.5, 0.6) is 0 Å². The molecule has 2 N–H and O–H groups in total. The molecule has 10 nitrogen and oxygen atoms in total. The van der Waals surface area contributed by atoms with Gasteiger partial charge >= 0.3 is 17.9 Å². The number of ketones is 1. The maximum Gasteiger partial charge on any atom is 0.336 e. The molecule has 1 aromatic rings. The largest absolute Gasteiger partial charge is 0.466 e. The molecule has 0 saturated heterocycles. The fourth-order valence-corrected chi connectivity index (χ4v) is 3.35. The van der Waals surface area contributed by atoms with Crippen LogP contribution in [0.1, 0.15) is 45.0 Å². The van der Waals surface area contributed by atoms with E-state index < -0.39 is 41.6 Å². The third-order valence-electron chi connectivity index (χ3n) is 5.30. The fourth-order valence-electron chi connectivity index (χ4n) is 3.35. The number of benzene rings is 1. The van der Waals surface area contributed by atoms with E-state index in [4.69, 9.17) is 14.2 Å². The Kier molecular flexibility index (Phi) is 8.57. The number of methoxy groups -OCH3 is 2. The van der Waals surface area contributed by atoms with Crippen molar-refractivity contribution in [1.82, 2.24) is 5.32 Å². The molecule has 1 amide bonds. The molecule has 1 aliphatic heterocycles. The van der Waals surface area contributed by atoms with Crippen LogP contribution in [-0.4, -0.2) is 50.4 Å². The number of Topliss-reactive ketones (excluding diaryl/α,β-unsaturated/α-hetero) is 1. The maximum absolute atomic E-state index is 13.0. The van der Waals surface area contributed by atoms with Crippen LogP contribution in [-0.2, 0) is 33.4 Å². The first-order valence-electron chi connectivity index (χ1n) is 10.8. The van der Waals surface area contributed by atoms with Gasteiger partial charge in [-0.3, -0.25) is 14.4 Å². The Morgan fingerprint density at radius 2 is 1.37 bits per heavy atom. The summed E-state index contributed by atoms with van der Waals surface area (Å²) in [6.45, 7) is 7.81. The van der Waals surface area contributed by atoms with E-state index in [1.807, 2.05) is 0 Å². The lowest BCUT2D eigenvalue weighted by molar-refractivity contribution is -0.150. The number of allylic oxidation sites excluding steroid dienone is 2. The molecule has 10 heteroatoms. The topological polar surface area (TPSA) is 137 Å². The second-order valence-electron chi connectivity index (χ2n) is 8.93. The standard InChI is InChI=1S/C25H30N2O8/c1-13-18(21(29)33-6)20(19(14(2)26-13)22(30)34-7)23(31)35-12-17(28)15-8-10-16(11-9-15)27-24(32)25(3,4)5/h8-11,20,26H,12H2,1-7H3,(H,27,32). The highest BCUT2D eigenvalue weighted by molar-refractivity contribution is 6.06. The van der Waals surface area contributed by atoms with Crippen molar-refractivity contribution in [3.8, 4) is 0 Å². The first-order chi connectivity index (χ1) is 16.3. The van der Waals surface area contributed by atoms with E-state index in [-0.39, 0.29) is 22.6 Å². The molecular weight excluding hydrogens is 456 g/mol. The van der Waals surface area contributed by atoms with Crippen LogP contribution >= 0.6 is 0 Å². The molecule has 0 radical (unpaired) electrons. The number of amides is 1. The number of hydrogen-bond acceptors (Lipinski definition) is 9. The molecule has 0 saturated carbocycles. The molecule has 0 spiro atoms. The normalized spacial score (nSPS) is 14.1. The molecular formula is C25H30N2O8. The Morgan fingerprint density at radius 3 is 1.80 bits per heavy atom. The first kappa shape index (κ1) is 27.3. The van der Waals surface area contributed by atoms with E-state index in [1.54, 1.807) is 46.8 Å². The molecule has 35 heavy (non-hydrogen) atoms. The van der Waals surface area contributed by atoms with Crippen molar-refractivity contribution in [2.75, 3.05) is 26.1 Å². The van der Waals surface area contributed by atoms with Crippen molar-refractivity contribution in [2.24, 2.45) is 11.3 Å². The number of hydrogen-bond donors (Lipinski definition) is 2. The number of carbonyl (C=O) groups is 5. The number of nitrogens with one attached hydrogen (secondary N) is 2. The summed E-state index contributed by atoms with van der Waals surface area (Å²) in [6.07, 6.45) is 0. The van der Waals surface area contributed by atoms with Gasteiger partial charge in [-0.1, -0.05) is 20.8 Å². The average molecular weight is 487 g/mol. The average Bonchev–Trinajstić information content (AvgIpc) is 2.80. The van der Waals surface area contributed by atoms with E-state index in [1.165, 1.54) is 12.1 Å². The van der Waals surface area contributed by atoms with Crippen LogP contribution in [0, 0.1) is 11.3 Å². The Labute approximate surface area is 203 Å². The van der Waals surface area contributed by atoms with Gasteiger partial charge in [0.15, 0.2) is 12.4 Å². The van der Waals surface area contributed by atoms with Gasteiger partial charge in [-0.05, 0) is 38.1 Å². The highest BCUT2D eigenvalue weighted by atomic mass is 16.5. The van der Waals surface area contributed by atoms with E-state index >= 15 is 0 Å². The minimum absolute atomic E-state index is 0.116. The Morgan fingerprint density at radius 1 is 0.886 bits per heavy atom. The van der Waals surface area contributed by atoms with Crippen LogP contribution in [0.4, 0.5) is 5.69 Å². The van der Waals surface area contributed by atoms with Gasteiger partial charge < -0.3 is 24.8 Å². The SMILES string of the molecule is COC(=O)C1=C(C)NC(C)=C(C(=O)OC)C1C(=O)OCC(=O)c1ccc(NC(=O)C(C)(C)C)cc1. The van der Waals surface area contributed by atoms with Crippen LogP contribution in [0.25, 0.3) is 0 Å². The molecule has 0 unspecified atom stereocenters. The van der Waals surface area contributed by atoms with Crippen LogP contribution < -0.4 is 10.6 Å². The molecule has 1 aromatic carbocycles. The van der Waals surface area contributed by atoms with Crippen LogP contribution in [0.15, 0.2) is 46.8 Å². The van der Waals surface area contributed by atoms with Crippen molar-refractivity contribution < 1.29 is 38.2 Å². The van der Waals surface area contributed by atoms with Gasteiger partial charge in [-0.15, -0.1) is 0 Å². The minimum Gasteiger partial charge on any atom is -0.466 e. The quantitative estimate of drug-likeness (QED) is 0.338. The zero-order valence-electron chi connectivity index (χ0n) is 20.9. The predicted molar refractivity (Wildman–Crippen MR) is 126 cm³/mol. The van der Waals surface area contributed by atoms with Crippen LogP contribution in [0.3, 0.4) is 0 Å². The summed E-state index contributed by atoms with van der Waals surface area (Å²) in [5.74, 6) is -4.76. The number of anilines is 1. The summed E-state index contributed by atoms with van der Waals surface area (Å²) in [5, 5.41) is 5.62. The fraction of sp³-hybridized carbons (Fsp3) is 0.400. The second kappa shape index (κ2) is 11.0. The van der Waals surface area contributed by atoms with E-state index in [9.17, 15) is 24.0 Å². The Bertz CT molecular complexity index is 1070. The molecule has 0 aliphatic carbocycles. The Balaban J connectivity index is 2.20. The number of carbonyl (C=O) groups excluding carboxylic acids is 5. The highest BCUT2D eigenvalue weighted by Gasteiger charge is 2.42. The van der Waals surface area contributed by atoms with Gasteiger partial charge in [-0.25, -0.2) is 9.59 Å². The first-order valence-corrected chi connectivity index (χ1v) is 10.8. The maximum atomic E-state index is 13.0. The molecule has 2 rings (SSSR count). The van der Waals surface area contributed by atoms with Crippen molar-refractivity contribution >= 4 is 35.3 Å². The third-order valence-corrected chi connectivity index (χ3v) is 5.30. The highest BCUT2D eigenvalue weighted by Crippen LogP contribution is 2.32. The summed E-state index contributed by atoms with van der Waals surface area (Å²) in [5.41, 5.74) is 0.566. The van der Waals surface area contributed by atoms with Gasteiger partial charge in [0.2, 0.25) is 5.91 Å². The summed E-state index contributed by atoms with van der Waals surface area (Å²) in [4.78, 5) is 62.5. The monoisotopic (exact) mass is 486 g/mol. The number of rotatable bonds is 7. The lowest BCUT2D eigenvalue weighted by Gasteiger charge is -2.28. The van der Waals surface area contributed by atoms with E-state index in [0.29, 0.717) is 17.1 Å². The van der Waals surface area contributed by atoms with Crippen molar-refractivity contribution in [3.05, 3.63) is 52.4 Å². The molecule has 0 fully saturated rings. The van der Waals surface area contributed by atoms with Gasteiger partial charge in [0.1, 0.15) is 5.92 Å². The van der Waals surface area contributed by atoms with Gasteiger partial charge in [0, 0.05) is 28.1 Å². The molecule has 0 atom stereocenters. The summed E-state index contributed by atoms with van der Waals surface area (Å²) >= 11 is 0. The lowest BCUT2D eigenvalue weighted by Crippen LogP contribution is -2.38. The van der Waals surface area contributed by atoms with Crippen molar-refractivity contribution in [1.29, 1.82) is 0 Å². The zero-order valence-corrected chi connectivity index (χ0v) is 20.9. The number of dihydropyridines is 1. The van der Waals surface area contributed by atoms with Crippen molar-refractivity contribution in [3.63, 3.8) is 0 Å². The zero-order chi connectivity index (χ0) is 26.5. The molecule has 188 valence electrons. The molecule has 0 bridgehead atoms. The van der Waals surface area contributed by atoms with E-state index in [2.05, 4.69) is 10.6 Å². The van der Waals surface area contributed by atoms with Gasteiger partial charge in [-0.2, -0.15) is 0 Å². The van der Waals surface area contributed by atoms with Gasteiger partial charge in [0.25, 0.3) is 0 Å². The van der Waals surface area contributed by atoms with E-state index in [0.717, 1.165) is 14.2 Å². The molecule has 1 heterocycles. The summed E-state index contributed by atoms with van der Waals surface area (Å²) < 4.78 is 14.8. The lowest BCUT2D eigenvalue weighted by atomic mass is 9.85. The predicted octanol–water partition coefficient (Wildman–Crippen LogP) is 2.51. The smallest absolute Gasteiger partial charge is 0.336 e. The summed E-state index contributed by atoms with van der Waals surface area (Å²) in [6, 6.07) is 6.11. The Hall–Kier alpha value is -3.95. The third kappa shape index (κ3) is 6.34. The van der Waals surface area contributed by atoms with Gasteiger partial charge in [0.05, 0.1) is 25.4 Å². The number of ether oxygens (including phenoxy) is 3. The second-order valence-corrected chi connectivity index (χ2v) is 8.93. The summed E-state index contributed by atoms with van der Waals surface area (Å²) in [7, 11) is 2.29. The molecule has 1 aliphatic rings.